The Morgan fingerprint density at radius 2 is 0.852 bits per heavy atom. The van der Waals surface area contributed by atoms with Crippen LogP contribution < -0.4 is 0 Å². The van der Waals surface area contributed by atoms with Crippen molar-refractivity contribution in [3.05, 3.63) is 108 Å². The molecule has 0 spiro atoms. The quantitative estimate of drug-likeness (QED) is 0.259. The summed E-state index contributed by atoms with van der Waals surface area (Å²) < 4.78 is 1.16. The average molecular weight is 409 g/mol. The average Bonchev–Trinajstić information content (AvgIpc) is 2.75. The summed E-state index contributed by atoms with van der Waals surface area (Å²) in [6, 6.07) is 36.6. The first-order valence-corrected chi connectivity index (χ1v) is 9.87. The predicted molar refractivity (Wildman–Crippen MR) is 120 cm³/mol. The van der Waals surface area contributed by atoms with Crippen LogP contribution in [0.15, 0.2) is 108 Å². The van der Waals surface area contributed by atoms with Gasteiger partial charge in [0.15, 0.2) is 0 Å². The van der Waals surface area contributed by atoms with Crippen LogP contribution in [0.3, 0.4) is 0 Å². The Balaban J connectivity index is 1.96. The maximum Gasteiger partial charge on any atom is 0.0332 e. The van der Waals surface area contributed by atoms with Gasteiger partial charge < -0.3 is 0 Å². The zero-order valence-corrected chi connectivity index (χ0v) is 16.3. The second-order valence-electron chi connectivity index (χ2n) is 6.69. The molecule has 1 heteroatoms. The molecule has 0 bridgehead atoms. The number of benzene rings is 5. The zero-order chi connectivity index (χ0) is 18.2. The summed E-state index contributed by atoms with van der Waals surface area (Å²) in [5.41, 5.74) is 5.06. The molecular formula is C26H17Br. The molecular weight excluding hydrogens is 392 g/mol. The first-order valence-electron chi connectivity index (χ1n) is 9.08. The van der Waals surface area contributed by atoms with Gasteiger partial charge in [-0.25, -0.2) is 0 Å². The third-order valence-electron chi connectivity index (χ3n) is 5.15. The number of rotatable bonds is 2. The summed E-state index contributed by atoms with van der Waals surface area (Å²) in [7, 11) is 0. The van der Waals surface area contributed by atoms with Gasteiger partial charge in [0.1, 0.15) is 0 Å². The van der Waals surface area contributed by atoms with Crippen molar-refractivity contribution >= 4 is 37.5 Å². The van der Waals surface area contributed by atoms with Crippen molar-refractivity contribution in [1.29, 1.82) is 0 Å². The summed E-state index contributed by atoms with van der Waals surface area (Å²) >= 11 is 3.85. The van der Waals surface area contributed by atoms with Crippen molar-refractivity contribution in [3.63, 3.8) is 0 Å². The molecule has 0 aromatic heterocycles. The largest absolute Gasteiger partial charge is 0.0622 e. The highest BCUT2D eigenvalue weighted by Crippen LogP contribution is 2.44. The Labute approximate surface area is 167 Å². The van der Waals surface area contributed by atoms with Crippen molar-refractivity contribution < 1.29 is 0 Å². The normalized spacial score (nSPS) is 11.1. The molecule has 27 heavy (non-hydrogen) atoms. The predicted octanol–water partition coefficient (Wildman–Crippen LogP) is 8.09. The highest BCUT2D eigenvalue weighted by Gasteiger charge is 2.16. The second-order valence-corrected chi connectivity index (χ2v) is 7.48. The van der Waals surface area contributed by atoms with E-state index in [0.717, 1.165) is 4.47 Å². The van der Waals surface area contributed by atoms with Crippen LogP contribution in [0, 0.1) is 0 Å². The van der Waals surface area contributed by atoms with E-state index < -0.39 is 0 Å². The lowest BCUT2D eigenvalue weighted by atomic mass is 9.88. The van der Waals surface area contributed by atoms with Crippen LogP contribution in [-0.2, 0) is 0 Å². The van der Waals surface area contributed by atoms with Crippen LogP contribution >= 0.6 is 15.9 Å². The molecule has 5 rings (SSSR count). The molecule has 0 aliphatic carbocycles. The van der Waals surface area contributed by atoms with E-state index in [0.29, 0.717) is 0 Å². The third-order valence-corrected chi connectivity index (χ3v) is 6.00. The highest BCUT2D eigenvalue weighted by molar-refractivity contribution is 9.10. The molecule has 0 aliphatic rings. The van der Waals surface area contributed by atoms with Gasteiger partial charge in [-0.1, -0.05) is 103 Å². The Hall–Kier alpha value is -2.90. The fourth-order valence-electron chi connectivity index (χ4n) is 3.94. The van der Waals surface area contributed by atoms with Crippen LogP contribution in [0.2, 0.25) is 0 Å². The van der Waals surface area contributed by atoms with Gasteiger partial charge >= 0.3 is 0 Å². The van der Waals surface area contributed by atoms with E-state index in [4.69, 9.17) is 0 Å². The Morgan fingerprint density at radius 3 is 1.44 bits per heavy atom. The standard InChI is InChI=1S/C26H17Br/c27-26-23-16-8-6-14-21(23)25(22-15-7-9-17-24(22)26)20-13-5-4-12-19(20)18-10-2-1-3-11-18/h1-17H. The fourth-order valence-corrected chi connectivity index (χ4v) is 4.63. The van der Waals surface area contributed by atoms with Crippen LogP contribution in [0.1, 0.15) is 0 Å². The van der Waals surface area contributed by atoms with Crippen molar-refractivity contribution in [2.75, 3.05) is 0 Å². The van der Waals surface area contributed by atoms with Crippen molar-refractivity contribution in [3.8, 4) is 22.3 Å². The van der Waals surface area contributed by atoms with Crippen LogP contribution in [0.5, 0.6) is 0 Å². The molecule has 5 aromatic rings. The van der Waals surface area contributed by atoms with Gasteiger partial charge in [0, 0.05) is 4.47 Å². The Kier molecular flexibility index (Phi) is 4.03. The number of hydrogen-bond donors (Lipinski definition) is 0. The van der Waals surface area contributed by atoms with Crippen LogP contribution in [-0.4, -0.2) is 0 Å². The zero-order valence-electron chi connectivity index (χ0n) is 14.7. The van der Waals surface area contributed by atoms with E-state index >= 15 is 0 Å². The second kappa shape index (κ2) is 6.68. The van der Waals surface area contributed by atoms with E-state index in [1.807, 2.05) is 0 Å². The SMILES string of the molecule is Brc1c2ccccc2c(-c2ccccc2-c2ccccc2)c2ccccc12. The van der Waals surface area contributed by atoms with E-state index in [9.17, 15) is 0 Å². The lowest BCUT2D eigenvalue weighted by Crippen LogP contribution is -1.90. The number of fused-ring (bicyclic) bond motifs is 2. The van der Waals surface area contributed by atoms with Crippen molar-refractivity contribution in [1.82, 2.24) is 0 Å². The maximum absolute atomic E-state index is 3.85. The van der Waals surface area contributed by atoms with Gasteiger partial charge in [-0.2, -0.15) is 0 Å². The van der Waals surface area contributed by atoms with Crippen molar-refractivity contribution in [2.45, 2.75) is 0 Å². The van der Waals surface area contributed by atoms with Crippen molar-refractivity contribution in [2.24, 2.45) is 0 Å². The molecule has 0 N–H and O–H groups in total. The molecule has 5 aromatic carbocycles. The number of hydrogen-bond acceptors (Lipinski definition) is 0. The van der Waals surface area contributed by atoms with Gasteiger partial charge in [-0.05, 0) is 59.7 Å². The smallest absolute Gasteiger partial charge is 0.0332 e. The molecule has 0 saturated heterocycles. The van der Waals surface area contributed by atoms with E-state index in [1.54, 1.807) is 0 Å². The van der Waals surface area contributed by atoms with E-state index in [-0.39, 0.29) is 0 Å². The summed E-state index contributed by atoms with van der Waals surface area (Å²) in [5, 5.41) is 5.03. The minimum Gasteiger partial charge on any atom is -0.0622 e. The monoisotopic (exact) mass is 408 g/mol. The molecule has 0 unspecified atom stereocenters. The van der Waals surface area contributed by atoms with Gasteiger partial charge in [-0.15, -0.1) is 0 Å². The van der Waals surface area contributed by atoms with Gasteiger partial charge in [0.05, 0.1) is 0 Å². The minimum absolute atomic E-state index is 1.16. The maximum atomic E-state index is 3.85. The number of halogens is 1. The fraction of sp³-hybridized carbons (Fsp3) is 0. The lowest BCUT2D eigenvalue weighted by Gasteiger charge is -2.17. The summed E-state index contributed by atoms with van der Waals surface area (Å²) in [6.45, 7) is 0. The Morgan fingerprint density at radius 1 is 0.407 bits per heavy atom. The van der Waals surface area contributed by atoms with E-state index in [2.05, 4.69) is 119 Å². The third kappa shape index (κ3) is 2.67. The highest BCUT2D eigenvalue weighted by atomic mass is 79.9. The molecule has 128 valence electrons. The van der Waals surface area contributed by atoms with Gasteiger partial charge in [0.25, 0.3) is 0 Å². The molecule has 0 atom stereocenters. The first kappa shape index (κ1) is 16.3. The Bertz CT molecular complexity index is 1210. The molecule has 0 fully saturated rings. The molecule has 0 amide bonds. The molecule has 0 aliphatic heterocycles. The summed E-state index contributed by atoms with van der Waals surface area (Å²) in [4.78, 5) is 0. The molecule has 0 saturated carbocycles. The van der Waals surface area contributed by atoms with Crippen LogP contribution in [0.4, 0.5) is 0 Å². The summed E-state index contributed by atoms with van der Waals surface area (Å²) in [5.74, 6) is 0. The van der Waals surface area contributed by atoms with Gasteiger partial charge in [-0.3, -0.25) is 0 Å². The molecule has 0 radical (unpaired) electrons. The lowest BCUT2D eigenvalue weighted by molar-refractivity contribution is 1.61. The molecule has 0 heterocycles. The molecule has 0 nitrogen and oxygen atoms in total. The topological polar surface area (TPSA) is 0 Å². The van der Waals surface area contributed by atoms with E-state index in [1.165, 1.54) is 43.8 Å². The first-order chi connectivity index (χ1) is 13.3. The van der Waals surface area contributed by atoms with Crippen LogP contribution in [0.25, 0.3) is 43.8 Å². The minimum atomic E-state index is 1.16. The summed E-state index contributed by atoms with van der Waals surface area (Å²) in [6.07, 6.45) is 0. The van der Waals surface area contributed by atoms with Gasteiger partial charge in [0.2, 0.25) is 0 Å².